The number of carbonyl (C=O) groups excluding carboxylic acids is 1. The first-order valence-electron chi connectivity index (χ1n) is 7.27. The number of hydrogen-bond acceptors (Lipinski definition) is 2. The number of carbonyl (C=O) groups is 2. The molecule has 2 N–H and O–H groups in total. The number of nitrogens with zero attached hydrogens (tertiary/aromatic N) is 1. The Balaban J connectivity index is 1.98. The first kappa shape index (κ1) is 14.2. The maximum absolute atomic E-state index is 12.1. The number of amides is 2. The molecule has 108 valence electrons. The average molecular weight is 268 g/mol. The van der Waals surface area contributed by atoms with Gasteiger partial charge in [0.15, 0.2) is 0 Å². The summed E-state index contributed by atoms with van der Waals surface area (Å²) in [5, 5.41) is 12.5. The second kappa shape index (κ2) is 5.39. The van der Waals surface area contributed by atoms with Gasteiger partial charge in [0.05, 0.1) is 5.41 Å². The predicted molar refractivity (Wildman–Crippen MR) is 71.9 cm³/mol. The zero-order chi connectivity index (χ0) is 14.0. The highest BCUT2D eigenvalue weighted by Gasteiger charge is 2.44. The number of rotatable bonds is 4. The number of nitrogens with one attached hydrogen (secondary N) is 1. The zero-order valence-electron chi connectivity index (χ0n) is 11.8. The van der Waals surface area contributed by atoms with Crippen LogP contribution in [-0.2, 0) is 4.79 Å². The molecule has 3 unspecified atom stereocenters. The first-order chi connectivity index (χ1) is 8.98. The molecule has 3 atom stereocenters. The van der Waals surface area contributed by atoms with E-state index in [4.69, 9.17) is 0 Å². The van der Waals surface area contributed by atoms with E-state index in [-0.39, 0.29) is 6.03 Å². The minimum Gasteiger partial charge on any atom is -0.481 e. The van der Waals surface area contributed by atoms with Gasteiger partial charge in [0, 0.05) is 19.1 Å². The van der Waals surface area contributed by atoms with E-state index in [1.54, 1.807) is 4.90 Å². The monoisotopic (exact) mass is 268 g/mol. The van der Waals surface area contributed by atoms with E-state index in [1.807, 2.05) is 6.92 Å². The van der Waals surface area contributed by atoms with Gasteiger partial charge in [0.2, 0.25) is 0 Å². The third-order valence-electron chi connectivity index (χ3n) is 4.46. The lowest BCUT2D eigenvalue weighted by Gasteiger charge is -2.39. The highest BCUT2D eigenvalue weighted by atomic mass is 16.4. The largest absolute Gasteiger partial charge is 0.481 e. The molecule has 0 aromatic rings. The summed E-state index contributed by atoms with van der Waals surface area (Å²) >= 11 is 0. The Morgan fingerprint density at radius 2 is 2.16 bits per heavy atom. The molecule has 2 aliphatic rings. The maximum atomic E-state index is 12.1. The normalized spacial score (nSPS) is 33.9. The number of carboxylic acids is 1. The number of urea groups is 1. The maximum Gasteiger partial charge on any atom is 0.317 e. The van der Waals surface area contributed by atoms with Crippen LogP contribution in [0.25, 0.3) is 0 Å². The van der Waals surface area contributed by atoms with Crippen LogP contribution < -0.4 is 5.32 Å². The van der Waals surface area contributed by atoms with E-state index in [0.29, 0.717) is 37.9 Å². The van der Waals surface area contributed by atoms with Crippen LogP contribution in [0.15, 0.2) is 0 Å². The summed E-state index contributed by atoms with van der Waals surface area (Å²) in [7, 11) is 0. The van der Waals surface area contributed by atoms with Crippen LogP contribution in [0.3, 0.4) is 0 Å². The number of likely N-dealkylation sites (tertiary alicyclic amines) is 1. The van der Waals surface area contributed by atoms with Crippen molar-refractivity contribution in [3.63, 3.8) is 0 Å². The Kier molecular flexibility index (Phi) is 4.02. The molecule has 1 aliphatic carbocycles. The molecule has 2 amide bonds. The van der Waals surface area contributed by atoms with Gasteiger partial charge in [-0.15, -0.1) is 0 Å². The molecule has 2 fully saturated rings. The van der Waals surface area contributed by atoms with Gasteiger partial charge in [-0.05, 0) is 31.6 Å². The minimum absolute atomic E-state index is 0.0872. The van der Waals surface area contributed by atoms with Crippen LogP contribution in [0.5, 0.6) is 0 Å². The molecule has 0 aromatic heterocycles. The summed E-state index contributed by atoms with van der Waals surface area (Å²) in [4.78, 5) is 25.4. The Morgan fingerprint density at radius 1 is 1.47 bits per heavy atom. The SMILES string of the molecule is CCCC1(C(=O)O)CCCN(C(=O)NC2CC2C)C1. The highest BCUT2D eigenvalue weighted by Crippen LogP contribution is 2.35. The van der Waals surface area contributed by atoms with E-state index < -0.39 is 11.4 Å². The van der Waals surface area contributed by atoms with Crippen molar-refractivity contribution >= 4 is 12.0 Å². The van der Waals surface area contributed by atoms with Crippen molar-refractivity contribution in [1.82, 2.24) is 10.2 Å². The molecule has 19 heavy (non-hydrogen) atoms. The van der Waals surface area contributed by atoms with Crippen molar-refractivity contribution in [2.75, 3.05) is 13.1 Å². The Morgan fingerprint density at radius 3 is 2.68 bits per heavy atom. The smallest absolute Gasteiger partial charge is 0.317 e. The average Bonchev–Trinajstić information content (AvgIpc) is 3.05. The van der Waals surface area contributed by atoms with Crippen LogP contribution in [-0.4, -0.2) is 41.1 Å². The van der Waals surface area contributed by atoms with Gasteiger partial charge in [0.25, 0.3) is 0 Å². The fourth-order valence-electron chi connectivity index (χ4n) is 3.04. The lowest BCUT2D eigenvalue weighted by Crippen LogP contribution is -2.53. The van der Waals surface area contributed by atoms with Crippen molar-refractivity contribution < 1.29 is 14.7 Å². The fourth-order valence-corrected chi connectivity index (χ4v) is 3.04. The topological polar surface area (TPSA) is 69.6 Å². The standard InChI is InChI=1S/C14H24N2O3/c1-3-5-14(12(17)18)6-4-7-16(9-14)13(19)15-11-8-10(11)2/h10-11H,3-9H2,1-2H3,(H,15,19)(H,17,18). The lowest BCUT2D eigenvalue weighted by atomic mass is 9.76. The van der Waals surface area contributed by atoms with Crippen molar-refractivity contribution in [3.8, 4) is 0 Å². The van der Waals surface area contributed by atoms with Gasteiger partial charge in [0.1, 0.15) is 0 Å². The number of aliphatic carboxylic acids is 1. The van der Waals surface area contributed by atoms with Crippen LogP contribution >= 0.6 is 0 Å². The van der Waals surface area contributed by atoms with E-state index in [0.717, 1.165) is 19.3 Å². The van der Waals surface area contributed by atoms with Gasteiger partial charge in [-0.1, -0.05) is 20.3 Å². The lowest BCUT2D eigenvalue weighted by molar-refractivity contribution is -0.152. The van der Waals surface area contributed by atoms with E-state index in [9.17, 15) is 14.7 Å². The Bertz CT molecular complexity index is 368. The number of hydrogen-bond donors (Lipinski definition) is 2. The van der Waals surface area contributed by atoms with Gasteiger partial charge in [-0.25, -0.2) is 4.79 Å². The molecule has 1 saturated heterocycles. The molecular formula is C14H24N2O3. The minimum atomic E-state index is -0.758. The Hall–Kier alpha value is -1.26. The van der Waals surface area contributed by atoms with Gasteiger partial charge in [-0.3, -0.25) is 4.79 Å². The zero-order valence-corrected chi connectivity index (χ0v) is 11.8. The van der Waals surface area contributed by atoms with Crippen molar-refractivity contribution in [2.24, 2.45) is 11.3 Å². The van der Waals surface area contributed by atoms with Crippen molar-refractivity contribution in [1.29, 1.82) is 0 Å². The van der Waals surface area contributed by atoms with Gasteiger partial charge in [-0.2, -0.15) is 0 Å². The molecule has 5 heteroatoms. The summed E-state index contributed by atoms with van der Waals surface area (Å²) in [5.41, 5.74) is -0.737. The second-order valence-corrected chi connectivity index (χ2v) is 6.13. The van der Waals surface area contributed by atoms with Crippen LogP contribution in [0.4, 0.5) is 4.79 Å². The molecule has 0 radical (unpaired) electrons. The van der Waals surface area contributed by atoms with Crippen LogP contribution in [0, 0.1) is 11.3 Å². The molecule has 0 spiro atoms. The van der Waals surface area contributed by atoms with Gasteiger partial charge < -0.3 is 15.3 Å². The van der Waals surface area contributed by atoms with Crippen molar-refractivity contribution in [2.45, 2.75) is 52.0 Å². The predicted octanol–water partition coefficient (Wildman–Crippen LogP) is 2.07. The summed E-state index contributed by atoms with van der Waals surface area (Å²) in [6, 6.07) is 0.204. The number of carboxylic acid groups (broad SMARTS) is 1. The Labute approximate surface area is 114 Å². The van der Waals surface area contributed by atoms with Crippen molar-refractivity contribution in [3.05, 3.63) is 0 Å². The molecule has 1 saturated carbocycles. The molecule has 1 aliphatic heterocycles. The summed E-state index contributed by atoms with van der Waals surface area (Å²) in [6.45, 7) is 5.13. The summed E-state index contributed by atoms with van der Waals surface area (Å²) < 4.78 is 0. The third kappa shape index (κ3) is 3.01. The van der Waals surface area contributed by atoms with E-state index in [2.05, 4.69) is 12.2 Å². The van der Waals surface area contributed by atoms with E-state index >= 15 is 0 Å². The molecule has 2 rings (SSSR count). The first-order valence-corrected chi connectivity index (χ1v) is 7.27. The third-order valence-corrected chi connectivity index (χ3v) is 4.46. The van der Waals surface area contributed by atoms with Crippen LogP contribution in [0.2, 0.25) is 0 Å². The molecular weight excluding hydrogens is 244 g/mol. The van der Waals surface area contributed by atoms with Crippen LogP contribution in [0.1, 0.15) is 46.0 Å². The quantitative estimate of drug-likeness (QED) is 0.820. The molecule has 1 heterocycles. The summed E-state index contributed by atoms with van der Waals surface area (Å²) in [5.74, 6) is -0.194. The van der Waals surface area contributed by atoms with E-state index in [1.165, 1.54) is 0 Å². The number of piperidine rings is 1. The highest BCUT2D eigenvalue weighted by molar-refractivity contribution is 5.79. The fraction of sp³-hybridized carbons (Fsp3) is 0.857. The second-order valence-electron chi connectivity index (χ2n) is 6.13. The molecule has 5 nitrogen and oxygen atoms in total. The van der Waals surface area contributed by atoms with Gasteiger partial charge >= 0.3 is 12.0 Å². The molecule has 0 aromatic carbocycles. The summed E-state index contributed by atoms with van der Waals surface area (Å²) in [6.07, 6.45) is 3.98. The molecule has 0 bridgehead atoms.